The van der Waals surface area contributed by atoms with Crippen LogP contribution in [-0.2, 0) is 0 Å². The predicted octanol–water partition coefficient (Wildman–Crippen LogP) is 16.8. The summed E-state index contributed by atoms with van der Waals surface area (Å²) >= 11 is 0. The lowest BCUT2D eigenvalue weighted by molar-refractivity contribution is 0.660. The van der Waals surface area contributed by atoms with Crippen LogP contribution in [0.3, 0.4) is 0 Å². The third-order valence-corrected chi connectivity index (χ3v) is 15.8. The van der Waals surface area contributed by atoms with Gasteiger partial charge < -0.3 is 0 Å². The van der Waals surface area contributed by atoms with Gasteiger partial charge in [-0.3, -0.25) is 0 Å². The van der Waals surface area contributed by atoms with E-state index in [1.807, 2.05) is 0 Å². The molecule has 3 unspecified atom stereocenters. The van der Waals surface area contributed by atoms with E-state index in [2.05, 4.69) is 188 Å². The minimum Gasteiger partial charge on any atom is -0.0842 e. The van der Waals surface area contributed by atoms with Gasteiger partial charge in [0.05, 0.1) is 0 Å². The Morgan fingerprint density at radius 2 is 1.28 bits per heavy atom. The third-order valence-electron chi connectivity index (χ3n) is 15.8. The quantitative estimate of drug-likeness (QED) is 0.152. The lowest BCUT2D eigenvalue weighted by Gasteiger charge is -2.34. The maximum Gasteiger partial charge on any atom is 0.0206 e. The molecular weight excluding hydrogens is 769 g/mol. The van der Waals surface area contributed by atoms with E-state index in [1.165, 1.54) is 122 Å². The lowest BCUT2D eigenvalue weighted by atomic mass is 9.69. The fraction of sp³-hybridized carbons (Fsp3) is 0.156. The van der Waals surface area contributed by atoms with Crippen molar-refractivity contribution in [3.8, 4) is 22.3 Å². The Balaban J connectivity index is 1.05. The highest BCUT2D eigenvalue weighted by Gasteiger charge is 2.45. The van der Waals surface area contributed by atoms with E-state index >= 15 is 0 Å². The summed E-state index contributed by atoms with van der Waals surface area (Å²) in [6.07, 6.45) is 37.1. The van der Waals surface area contributed by atoms with Crippen LogP contribution >= 0.6 is 0 Å². The molecular formula is C64H48. The fourth-order valence-corrected chi connectivity index (χ4v) is 13.2. The SMILES string of the molecule is C1=CCCC(C2=C(C3C=CC4=C(C3)c3cc5c(-c6ccccc6)c6c(c(-c7ccccc7)c5c5cccc4c35)C3=CC4=C(C=CCC4)C4C=CC=C6C34)C(c3ccccc3)=CCC2)=C1. The zero-order chi connectivity index (χ0) is 41.9. The second-order valence-corrected chi connectivity index (χ2v) is 19.0. The topological polar surface area (TPSA) is 0 Å². The van der Waals surface area contributed by atoms with Crippen LogP contribution in [-0.4, -0.2) is 0 Å². The maximum absolute atomic E-state index is 2.66. The van der Waals surface area contributed by atoms with E-state index in [1.54, 1.807) is 5.57 Å². The van der Waals surface area contributed by atoms with Crippen LogP contribution in [0.5, 0.6) is 0 Å². The van der Waals surface area contributed by atoms with Gasteiger partial charge in [-0.15, -0.1) is 0 Å². The zero-order valence-electron chi connectivity index (χ0n) is 36.1. The molecule has 0 heterocycles. The maximum atomic E-state index is 2.66. The molecule has 0 fully saturated rings. The Morgan fingerprint density at radius 1 is 0.516 bits per heavy atom. The van der Waals surface area contributed by atoms with Crippen molar-refractivity contribution in [2.75, 3.05) is 0 Å². The highest BCUT2D eigenvalue weighted by molar-refractivity contribution is 6.30. The first-order valence-electron chi connectivity index (χ1n) is 23.8. The van der Waals surface area contributed by atoms with Gasteiger partial charge in [0.15, 0.2) is 0 Å². The molecule has 0 heteroatoms. The van der Waals surface area contributed by atoms with Crippen LogP contribution in [0.2, 0.25) is 0 Å². The van der Waals surface area contributed by atoms with Crippen LogP contribution in [0.15, 0.2) is 216 Å². The molecule has 6 aromatic carbocycles. The van der Waals surface area contributed by atoms with E-state index in [0.717, 1.165) is 44.9 Å². The third kappa shape index (κ3) is 5.23. The lowest BCUT2D eigenvalue weighted by Crippen LogP contribution is -2.21. The summed E-state index contributed by atoms with van der Waals surface area (Å²) in [5.41, 5.74) is 27.4. The van der Waals surface area contributed by atoms with Crippen LogP contribution in [0.4, 0.5) is 0 Å². The van der Waals surface area contributed by atoms with Crippen molar-refractivity contribution in [1.82, 2.24) is 0 Å². The van der Waals surface area contributed by atoms with Gasteiger partial charge in [-0.1, -0.05) is 182 Å². The molecule has 0 saturated carbocycles. The summed E-state index contributed by atoms with van der Waals surface area (Å²) in [6, 6.07) is 43.8. The van der Waals surface area contributed by atoms with Crippen LogP contribution in [0, 0.1) is 17.8 Å². The molecule has 0 aliphatic heterocycles. The molecule has 64 heavy (non-hydrogen) atoms. The average Bonchev–Trinajstić information content (AvgIpc) is 3.87. The van der Waals surface area contributed by atoms with Gasteiger partial charge in [0, 0.05) is 17.8 Å². The smallest absolute Gasteiger partial charge is 0.0206 e. The number of fused-ring (bicyclic) bond motifs is 8. The molecule has 6 aromatic rings. The Labute approximate surface area is 376 Å². The number of hydrogen-bond donors (Lipinski definition) is 0. The molecule has 0 nitrogen and oxygen atoms in total. The highest BCUT2D eigenvalue weighted by Crippen LogP contribution is 2.64. The summed E-state index contributed by atoms with van der Waals surface area (Å²) in [5, 5.41) is 5.56. The summed E-state index contributed by atoms with van der Waals surface area (Å²) in [4.78, 5) is 0. The van der Waals surface area contributed by atoms with Gasteiger partial charge in [-0.25, -0.2) is 0 Å². The molecule has 0 radical (unpaired) electrons. The van der Waals surface area contributed by atoms with Crippen LogP contribution < -0.4 is 0 Å². The number of benzene rings is 6. The van der Waals surface area contributed by atoms with Gasteiger partial charge in [0.1, 0.15) is 0 Å². The van der Waals surface area contributed by atoms with E-state index in [9.17, 15) is 0 Å². The van der Waals surface area contributed by atoms with Crippen molar-refractivity contribution in [3.63, 3.8) is 0 Å². The average molecular weight is 817 g/mol. The van der Waals surface area contributed by atoms with Crippen molar-refractivity contribution in [2.24, 2.45) is 17.8 Å². The number of allylic oxidation sites excluding steroid dienone is 22. The molecule has 14 rings (SSSR count). The van der Waals surface area contributed by atoms with E-state index in [0.29, 0.717) is 11.8 Å². The van der Waals surface area contributed by atoms with Crippen LogP contribution in [0.25, 0.3) is 71.7 Å². The normalized spacial score (nSPS) is 22.3. The largest absolute Gasteiger partial charge is 0.0842 e. The van der Waals surface area contributed by atoms with Gasteiger partial charge in [-0.05, 0) is 178 Å². The Kier molecular flexibility index (Phi) is 8.12. The zero-order valence-corrected chi connectivity index (χ0v) is 36.1. The Morgan fingerprint density at radius 3 is 2.08 bits per heavy atom. The summed E-state index contributed by atoms with van der Waals surface area (Å²) in [5.74, 6) is 0.926. The predicted molar refractivity (Wildman–Crippen MR) is 271 cm³/mol. The monoisotopic (exact) mass is 816 g/mol. The van der Waals surface area contributed by atoms with E-state index < -0.39 is 0 Å². The standard InChI is InChI=1S/C64H48/c1-5-18-39(19-6-1)46-28-15-29-47(40-20-7-2-8-21-40)57(46)44-34-35-48-50-31-17-32-51-60(50)54(53(48)37-44)38-56-58(41-22-9-3-10-23-41)63-52-33-16-30-49-45-27-14-13-26-43(45)36-55(61(49)52)64(63)59(62(51)56)42-24-11-4-12-25-42/h1-7,9-12,14,16-20,22-25,27-28,30-36,38,44,49,61H,8,13,15,21,26,29,37H2. The molecule has 8 aliphatic carbocycles. The van der Waals surface area contributed by atoms with Gasteiger partial charge >= 0.3 is 0 Å². The number of rotatable bonds is 5. The van der Waals surface area contributed by atoms with Gasteiger partial charge in [0.2, 0.25) is 0 Å². The molecule has 0 bridgehead atoms. The molecule has 0 amide bonds. The van der Waals surface area contributed by atoms with Gasteiger partial charge in [0.25, 0.3) is 0 Å². The first kappa shape index (κ1) is 36.5. The molecule has 8 aliphatic rings. The van der Waals surface area contributed by atoms with Crippen molar-refractivity contribution < 1.29 is 0 Å². The number of hydrogen-bond acceptors (Lipinski definition) is 0. The molecule has 304 valence electrons. The summed E-state index contributed by atoms with van der Waals surface area (Å²) < 4.78 is 0. The first-order valence-corrected chi connectivity index (χ1v) is 23.8. The highest BCUT2D eigenvalue weighted by atomic mass is 14.5. The van der Waals surface area contributed by atoms with Crippen molar-refractivity contribution >= 4 is 49.4 Å². The second-order valence-electron chi connectivity index (χ2n) is 19.0. The summed E-state index contributed by atoms with van der Waals surface area (Å²) in [6.45, 7) is 0. The van der Waals surface area contributed by atoms with E-state index in [-0.39, 0.29) is 5.92 Å². The molecule has 0 N–H and O–H groups in total. The van der Waals surface area contributed by atoms with Crippen molar-refractivity contribution in [1.29, 1.82) is 0 Å². The van der Waals surface area contributed by atoms with Crippen molar-refractivity contribution in [2.45, 2.75) is 44.9 Å². The van der Waals surface area contributed by atoms with Crippen molar-refractivity contribution in [3.05, 3.63) is 244 Å². The minimum atomic E-state index is 0.277. The van der Waals surface area contributed by atoms with E-state index in [4.69, 9.17) is 0 Å². The molecule has 3 atom stereocenters. The second kappa shape index (κ2) is 14.2. The first-order chi connectivity index (χ1) is 31.8. The molecule has 0 spiro atoms. The van der Waals surface area contributed by atoms with Gasteiger partial charge in [-0.2, -0.15) is 0 Å². The summed E-state index contributed by atoms with van der Waals surface area (Å²) in [7, 11) is 0. The Hall–Kier alpha value is -7.02. The fourth-order valence-electron chi connectivity index (χ4n) is 13.2. The molecule has 0 aromatic heterocycles. The van der Waals surface area contributed by atoms with Crippen LogP contribution in [0.1, 0.15) is 72.8 Å². The minimum absolute atomic E-state index is 0.277. The molecule has 0 saturated heterocycles. The Bertz CT molecular complexity index is 3410.